The summed E-state index contributed by atoms with van der Waals surface area (Å²) in [5.41, 5.74) is 6.72. The number of nitrogens with two attached hydrogens (primary N) is 1. The number of carbonyl (C=O) groups is 1. The average Bonchev–Trinajstić information content (AvgIpc) is 3.45. The molecule has 1 aliphatic heterocycles. The third-order valence-electron chi connectivity index (χ3n) is 6.76. The molecule has 0 bridgehead atoms. The van der Waals surface area contributed by atoms with E-state index in [4.69, 9.17) is 15.2 Å². The molecule has 1 aromatic rings. The summed E-state index contributed by atoms with van der Waals surface area (Å²) in [6.45, 7) is 9.48. The van der Waals surface area contributed by atoms with Crippen LogP contribution < -0.4 is 15.2 Å². The van der Waals surface area contributed by atoms with Crippen molar-refractivity contribution in [3.8, 4) is 11.5 Å². The summed E-state index contributed by atoms with van der Waals surface area (Å²) < 4.78 is 11.5. The molecular weight excluding hydrogens is 368 g/mol. The Bertz CT molecular complexity index is 732. The highest BCUT2D eigenvalue weighted by atomic mass is 16.5. The monoisotopic (exact) mass is 404 g/mol. The molecule has 162 valence electrons. The lowest BCUT2D eigenvalue weighted by Gasteiger charge is -2.34. The summed E-state index contributed by atoms with van der Waals surface area (Å²) in [4.78, 5) is 14.7. The Hall–Kier alpha value is -1.79. The van der Waals surface area contributed by atoms with Gasteiger partial charge < -0.3 is 25.2 Å². The zero-order valence-corrected chi connectivity index (χ0v) is 18.4. The summed E-state index contributed by atoms with van der Waals surface area (Å²) in [6.07, 6.45) is 1.87. The summed E-state index contributed by atoms with van der Waals surface area (Å²) >= 11 is 0. The molecule has 1 aromatic carbocycles. The molecule has 4 unspecified atom stereocenters. The Labute approximate surface area is 174 Å². The molecule has 1 aliphatic carbocycles. The van der Waals surface area contributed by atoms with Crippen LogP contribution >= 0.6 is 0 Å². The van der Waals surface area contributed by atoms with Gasteiger partial charge in [0.1, 0.15) is 0 Å². The van der Waals surface area contributed by atoms with Gasteiger partial charge in [0.15, 0.2) is 11.5 Å². The van der Waals surface area contributed by atoms with Crippen LogP contribution in [0.3, 0.4) is 0 Å². The normalized spacial score (nSPS) is 26.5. The minimum atomic E-state index is -0.571. The first-order valence-corrected chi connectivity index (χ1v) is 10.7. The van der Waals surface area contributed by atoms with Crippen LogP contribution in [0.25, 0.3) is 0 Å². The molecule has 2 aliphatic rings. The zero-order chi connectivity index (χ0) is 21.3. The molecule has 6 nitrogen and oxygen atoms in total. The lowest BCUT2D eigenvalue weighted by Crippen LogP contribution is -2.46. The van der Waals surface area contributed by atoms with E-state index in [1.54, 1.807) is 14.0 Å². The molecule has 4 atom stereocenters. The molecule has 6 heteroatoms. The minimum Gasteiger partial charge on any atom is -0.493 e. The van der Waals surface area contributed by atoms with Gasteiger partial charge in [-0.2, -0.15) is 0 Å². The maximum atomic E-state index is 12.9. The first-order valence-electron chi connectivity index (χ1n) is 10.7. The number of amides is 1. The number of hydrogen-bond donors (Lipinski definition) is 2. The summed E-state index contributed by atoms with van der Waals surface area (Å²) in [6, 6.07) is 5.43. The Morgan fingerprint density at radius 1 is 1.31 bits per heavy atom. The molecule has 1 amide bonds. The summed E-state index contributed by atoms with van der Waals surface area (Å²) in [5.74, 6) is 2.09. The predicted molar refractivity (Wildman–Crippen MR) is 113 cm³/mol. The highest BCUT2D eigenvalue weighted by Gasteiger charge is 2.49. The fourth-order valence-electron chi connectivity index (χ4n) is 4.10. The third-order valence-corrected chi connectivity index (χ3v) is 6.76. The fraction of sp³-hybridized carbons (Fsp3) is 0.696. The molecule has 3 N–H and O–H groups in total. The number of benzene rings is 1. The van der Waals surface area contributed by atoms with Crippen molar-refractivity contribution in [1.82, 2.24) is 4.90 Å². The van der Waals surface area contributed by atoms with Crippen LogP contribution in [0.5, 0.6) is 11.5 Å². The number of hydrogen-bond acceptors (Lipinski definition) is 5. The number of likely N-dealkylation sites (tertiary alicyclic amines) is 1. The lowest BCUT2D eigenvalue weighted by molar-refractivity contribution is -0.133. The molecule has 0 spiro atoms. The van der Waals surface area contributed by atoms with Crippen LogP contribution in [-0.4, -0.2) is 54.9 Å². The van der Waals surface area contributed by atoms with Gasteiger partial charge in [-0.15, -0.1) is 0 Å². The standard InChI is InChI=1S/C23H36N2O4/c1-14(2)21(24)22(27)25-11-18(23(4,13-25)15(3)26)17-8-9-19(28-5)20(10-17)29-12-16-6-7-16/h8-10,14-16,18,21,26H,6-7,11-13,24H2,1-5H3. The van der Waals surface area contributed by atoms with Gasteiger partial charge in [-0.05, 0) is 49.3 Å². The van der Waals surface area contributed by atoms with Crippen LogP contribution in [0.4, 0.5) is 0 Å². The molecule has 3 rings (SSSR count). The number of rotatable bonds is 8. The number of aliphatic hydroxyl groups excluding tert-OH is 1. The van der Waals surface area contributed by atoms with Crippen molar-refractivity contribution in [3.63, 3.8) is 0 Å². The average molecular weight is 405 g/mol. The van der Waals surface area contributed by atoms with Crippen molar-refractivity contribution in [2.45, 2.75) is 58.6 Å². The number of aliphatic hydroxyl groups is 1. The molecule has 2 fully saturated rings. The Morgan fingerprint density at radius 2 is 2.00 bits per heavy atom. The van der Waals surface area contributed by atoms with Gasteiger partial charge >= 0.3 is 0 Å². The topological polar surface area (TPSA) is 85.0 Å². The quantitative estimate of drug-likeness (QED) is 0.696. The van der Waals surface area contributed by atoms with Crippen molar-refractivity contribution in [1.29, 1.82) is 0 Å². The van der Waals surface area contributed by atoms with Gasteiger partial charge in [0.05, 0.1) is 25.9 Å². The first-order chi connectivity index (χ1) is 13.7. The van der Waals surface area contributed by atoms with E-state index in [-0.39, 0.29) is 17.7 Å². The molecular formula is C23H36N2O4. The van der Waals surface area contributed by atoms with Crippen LogP contribution in [-0.2, 0) is 4.79 Å². The van der Waals surface area contributed by atoms with Gasteiger partial charge in [-0.3, -0.25) is 4.79 Å². The smallest absolute Gasteiger partial charge is 0.239 e. The number of ether oxygens (including phenoxy) is 2. The molecule has 1 heterocycles. The van der Waals surface area contributed by atoms with Crippen molar-refractivity contribution in [3.05, 3.63) is 23.8 Å². The maximum Gasteiger partial charge on any atom is 0.239 e. The third kappa shape index (κ3) is 4.53. The molecule has 1 saturated carbocycles. The van der Waals surface area contributed by atoms with Crippen LogP contribution in [0.15, 0.2) is 18.2 Å². The fourth-order valence-corrected chi connectivity index (χ4v) is 4.10. The second-order valence-electron chi connectivity index (χ2n) is 9.39. The maximum absolute atomic E-state index is 12.9. The van der Waals surface area contributed by atoms with Gasteiger partial charge in [0.2, 0.25) is 5.91 Å². The van der Waals surface area contributed by atoms with Crippen LogP contribution in [0.2, 0.25) is 0 Å². The highest BCUT2D eigenvalue weighted by molar-refractivity contribution is 5.82. The van der Waals surface area contributed by atoms with Gasteiger partial charge in [-0.25, -0.2) is 0 Å². The molecule has 1 saturated heterocycles. The highest BCUT2D eigenvalue weighted by Crippen LogP contribution is 2.47. The SMILES string of the molecule is COc1ccc(C2CN(C(=O)C(N)C(C)C)CC2(C)C(C)O)cc1OCC1CC1. The molecule has 0 aromatic heterocycles. The Morgan fingerprint density at radius 3 is 2.55 bits per heavy atom. The van der Waals surface area contributed by atoms with Gasteiger partial charge in [0.25, 0.3) is 0 Å². The number of carbonyl (C=O) groups excluding carboxylic acids is 1. The first kappa shape index (κ1) is 21.9. The van der Waals surface area contributed by atoms with Crippen LogP contribution in [0.1, 0.15) is 52.0 Å². The molecule has 29 heavy (non-hydrogen) atoms. The van der Waals surface area contributed by atoms with E-state index in [9.17, 15) is 9.90 Å². The zero-order valence-electron chi connectivity index (χ0n) is 18.4. The Balaban J connectivity index is 1.88. The number of nitrogens with zero attached hydrogens (tertiary/aromatic N) is 1. The summed E-state index contributed by atoms with van der Waals surface area (Å²) in [7, 11) is 1.64. The lowest BCUT2D eigenvalue weighted by atomic mass is 9.72. The molecule has 0 radical (unpaired) electrons. The van der Waals surface area contributed by atoms with Gasteiger partial charge in [-0.1, -0.05) is 26.8 Å². The van der Waals surface area contributed by atoms with Crippen molar-refractivity contribution < 1.29 is 19.4 Å². The summed E-state index contributed by atoms with van der Waals surface area (Å²) in [5, 5.41) is 10.6. The second-order valence-corrected chi connectivity index (χ2v) is 9.39. The Kier molecular flexibility index (Phi) is 6.44. The van der Waals surface area contributed by atoms with Crippen LogP contribution in [0, 0.1) is 17.3 Å². The van der Waals surface area contributed by atoms with Crippen molar-refractivity contribution >= 4 is 5.91 Å². The van der Waals surface area contributed by atoms with E-state index < -0.39 is 17.6 Å². The van der Waals surface area contributed by atoms with Gasteiger partial charge in [0, 0.05) is 24.4 Å². The largest absolute Gasteiger partial charge is 0.493 e. The van der Waals surface area contributed by atoms with E-state index >= 15 is 0 Å². The van der Waals surface area contributed by atoms with E-state index in [0.29, 0.717) is 31.4 Å². The van der Waals surface area contributed by atoms with E-state index in [1.165, 1.54) is 12.8 Å². The van der Waals surface area contributed by atoms with E-state index in [0.717, 1.165) is 11.3 Å². The van der Waals surface area contributed by atoms with Crippen molar-refractivity contribution in [2.75, 3.05) is 26.8 Å². The predicted octanol–water partition coefficient (Wildman–Crippen LogP) is 2.78. The number of methoxy groups -OCH3 is 1. The van der Waals surface area contributed by atoms with E-state index in [1.807, 2.05) is 43.9 Å². The van der Waals surface area contributed by atoms with E-state index in [2.05, 4.69) is 0 Å². The van der Waals surface area contributed by atoms with Crippen molar-refractivity contribution in [2.24, 2.45) is 23.0 Å². The second kappa shape index (κ2) is 8.52. The minimum absolute atomic E-state index is 0.0139.